The number of amides is 3. The molecule has 2 aromatic rings. The molecule has 4 rings (SSSR count). The fourth-order valence-corrected chi connectivity index (χ4v) is 4.30. The quantitative estimate of drug-likeness (QED) is 0.781. The van der Waals surface area contributed by atoms with E-state index in [-0.39, 0.29) is 11.9 Å². The van der Waals surface area contributed by atoms with Crippen LogP contribution in [0.2, 0.25) is 0 Å². The Balaban J connectivity index is 1.23. The summed E-state index contributed by atoms with van der Waals surface area (Å²) in [7, 11) is 1.66. The number of nitrogens with zero attached hydrogens (tertiary/aromatic N) is 3. The number of nitrogens with one attached hydrogen (secondary N) is 1. The Hall–Kier alpha value is -3.22. The van der Waals surface area contributed by atoms with Crippen molar-refractivity contribution in [3.8, 4) is 5.75 Å². The molecule has 0 radical (unpaired) electrons. The molecular weight excluding hydrogens is 404 g/mol. The summed E-state index contributed by atoms with van der Waals surface area (Å²) >= 11 is 0. The molecule has 0 unspecified atom stereocenters. The zero-order valence-corrected chi connectivity index (χ0v) is 18.8. The van der Waals surface area contributed by atoms with Crippen LogP contribution in [0.15, 0.2) is 48.5 Å². The number of benzene rings is 2. The van der Waals surface area contributed by atoms with Crippen LogP contribution in [0, 0.1) is 0 Å². The molecule has 0 atom stereocenters. The van der Waals surface area contributed by atoms with Crippen LogP contribution in [-0.4, -0.2) is 68.1 Å². The zero-order chi connectivity index (χ0) is 22.3. The van der Waals surface area contributed by atoms with Crippen LogP contribution >= 0.6 is 0 Å². The van der Waals surface area contributed by atoms with Gasteiger partial charge in [0.1, 0.15) is 5.75 Å². The van der Waals surface area contributed by atoms with Crippen LogP contribution in [0.3, 0.4) is 0 Å². The Kier molecular flexibility index (Phi) is 7.14. The smallest absolute Gasteiger partial charge is 0.317 e. The van der Waals surface area contributed by atoms with E-state index < -0.39 is 0 Å². The highest BCUT2D eigenvalue weighted by Crippen LogP contribution is 2.20. The minimum atomic E-state index is -0.0483. The first kappa shape index (κ1) is 22.0. The van der Waals surface area contributed by atoms with Gasteiger partial charge in [0.05, 0.1) is 7.11 Å². The molecule has 2 aromatic carbocycles. The predicted molar refractivity (Wildman–Crippen MR) is 125 cm³/mol. The van der Waals surface area contributed by atoms with Crippen LogP contribution in [0.4, 0.5) is 10.5 Å². The largest absolute Gasteiger partial charge is 0.497 e. The molecule has 2 saturated heterocycles. The maximum atomic E-state index is 12.6. The number of methoxy groups -OCH3 is 1. The second-order valence-electron chi connectivity index (χ2n) is 8.38. The van der Waals surface area contributed by atoms with Gasteiger partial charge in [-0.15, -0.1) is 0 Å². The number of piperazine rings is 1. The van der Waals surface area contributed by atoms with Crippen molar-refractivity contribution in [2.24, 2.45) is 0 Å². The lowest BCUT2D eigenvalue weighted by molar-refractivity contribution is 0.0724. The molecule has 3 amide bonds. The number of carbonyl (C=O) groups excluding carboxylic acids is 2. The maximum Gasteiger partial charge on any atom is 0.317 e. The molecule has 1 N–H and O–H groups in total. The zero-order valence-electron chi connectivity index (χ0n) is 18.8. The molecule has 7 nitrogen and oxygen atoms in total. The predicted octanol–water partition coefficient (Wildman–Crippen LogP) is 3.35. The van der Waals surface area contributed by atoms with Gasteiger partial charge < -0.3 is 24.8 Å². The number of ether oxygens (including phenoxy) is 1. The van der Waals surface area contributed by atoms with Crippen molar-refractivity contribution in [1.29, 1.82) is 0 Å². The van der Waals surface area contributed by atoms with E-state index in [1.807, 2.05) is 58.3 Å². The third kappa shape index (κ3) is 5.33. The van der Waals surface area contributed by atoms with Crippen molar-refractivity contribution in [2.45, 2.75) is 25.8 Å². The average Bonchev–Trinajstić information content (AvgIpc) is 2.88. The summed E-state index contributed by atoms with van der Waals surface area (Å²) in [5, 5.41) is 3.01. The molecule has 0 spiro atoms. The highest BCUT2D eigenvalue weighted by molar-refractivity contribution is 5.94. The maximum absolute atomic E-state index is 12.6. The lowest BCUT2D eigenvalue weighted by Gasteiger charge is -2.36. The second-order valence-corrected chi connectivity index (χ2v) is 8.38. The van der Waals surface area contributed by atoms with Gasteiger partial charge >= 0.3 is 6.03 Å². The second kappa shape index (κ2) is 10.4. The highest BCUT2D eigenvalue weighted by Gasteiger charge is 2.21. The van der Waals surface area contributed by atoms with Gasteiger partial charge in [0.25, 0.3) is 5.91 Å². The number of piperidine rings is 1. The molecule has 0 saturated carbocycles. The number of rotatable bonds is 5. The normalized spacial score (nSPS) is 16.6. The van der Waals surface area contributed by atoms with Gasteiger partial charge in [-0.05, 0) is 61.2 Å². The van der Waals surface area contributed by atoms with Crippen molar-refractivity contribution in [3.63, 3.8) is 0 Å². The fourth-order valence-electron chi connectivity index (χ4n) is 4.30. The monoisotopic (exact) mass is 436 g/mol. The van der Waals surface area contributed by atoms with E-state index in [1.165, 1.54) is 6.42 Å². The van der Waals surface area contributed by atoms with E-state index in [4.69, 9.17) is 4.74 Å². The summed E-state index contributed by atoms with van der Waals surface area (Å²) in [6.07, 6.45) is 3.38. The Labute approximate surface area is 189 Å². The van der Waals surface area contributed by atoms with Gasteiger partial charge in [-0.25, -0.2) is 4.79 Å². The number of hydrogen-bond donors (Lipinski definition) is 1. The summed E-state index contributed by atoms with van der Waals surface area (Å²) in [5.41, 5.74) is 2.85. The molecule has 7 heteroatoms. The number of hydrogen-bond acceptors (Lipinski definition) is 4. The lowest BCUT2D eigenvalue weighted by atomic mass is 10.1. The highest BCUT2D eigenvalue weighted by atomic mass is 16.5. The molecule has 2 aliphatic rings. The molecule has 170 valence electrons. The van der Waals surface area contributed by atoms with Crippen LogP contribution < -0.4 is 15.0 Å². The topological polar surface area (TPSA) is 65.1 Å². The number of likely N-dealkylation sites (tertiary alicyclic amines) is 1. The van der Waals surface area contributed by atoms with Crippen LogP contribution in [0.5, 0.6) is 5.75 Å². The van der Waals surface area contributed by atoms with E-state index >= 15 is 0 Å². The van der Waals surface area contributed by atoms with Crippen LogP contribution in [0.1, 0.15) is 35.2 Å². The molecule has 2 aliphatic heterocycles. The Bertz CT molecular complexity index is 900. The molecule has 32 heavy (non-hydrogen) atoms. The van der Waals surface area contributed by atoms with Gasteiger partial charge in [0.2, 0.25) is 0 Å². The summed E-state index contributed by atoms with van der Waals surface area (Å²) in [4.78, 5) is 31.3. The molecule has 0 aliphatic carbocycles. The van der Waals surface area contributed by atoms with E-state index in [9.17, 15) is 9.59 Å². The van der Waals surface area contributed by atoms with Gasteiger partial charge in [-0.1, -0.05) is 12.1 Å². The fraction of sp³-hybridized carbons (Fsp3) is 0.440. The first-order chi connectivity index (χ1) is 15.6. The number of anilines is 1. The van der Waals surface area contributed by atoms with E-state index in [0.717, 1.165) is 61.6 Å². The summed E-state index contributed by atoms with van der Waals surface area (Å²) in [6.45, 7) is 5.11. The first-order valence-electron chi connectivity index (χ1n) is 11.4. The van der Waals surface area contributed by atoms with Gasteiger partial charge in [0.15, 0.2) is 0 Å². The molecule has 2 fully saturated rings. The van der Waals surface area contributed by atoms with E-state index in [2.05, 4.69) is 10.2 Å². The van der Waals surface area contributed by atoms with E-state index in [1.54, 1.807) is 7.11 Å². The third-order valence-corrected chi connectivity index (χ3v) is 6.29. The standard InChI is InChI=1S/C25H32N4O3/c1-32-23-11-9-22(10-12-23)27-15-17-29(18-16-27)25(31)26-19-20-5-7-21(8-6-20)24(30)28-13-3-2-4-14-28/h5-12H,2-4,13-19H2,1H3,(H,26,31). The van der Waals surface area contributed by atoms with Crippen LogP contribution in [0.25, 0.3) is 0 Å². The number of urea groups is 1. The minimum Gasteiger partial charge on any atom is -0.497 e. The summed E-state index contributed by atoms with van der Waals surface area (Å²) in [5.74, 6) is 0.950. The summed E-state index contributed by atoms with van der Waals surface area (Å²) < 4.78 is 5.22. The molecule has 0 bridgehead atoms. The molecule has 0 aromatic heterocycles. The van der Waals surface area contributed by atoms with Gasteiger partial charge in [-0.2, -0.15) is 0 Å². The van der Waals surface area contributed by atoms with Crippen LogP contribution in [-0.2, 0) is 6.54 Å². The van der Waals surface area contributed by atoms with Crippen molar-refractivity contribution >= 4 is 17.6 Å². The van der Waals surface area contributed by atoms with Crippen molar-refractivity contribution in [1.82, 2.24) is 15.1 Å². The van der Waals surface area contributed by atoms with E-state index in [0.29, 0.717) is 19.6 Å². The Morgan fingerprint density at radius 3 is 2.09 bits per heavy atom. The summed E-state index contributed by atoms with van der Waals surface area (Å²) in [6, 6.07) is 15.6. The minimum absolute atomic E-state index is 0.0483. The molecular formula is C25H32N4O3. The third-order valence-electron chi connectivity index (χ3n) is 6.29. The van der Waals surface area contributed by atoms with Crippen molar-refractivity contribution in [2.75, 3.05) is 51.3 Å². The lowest BCUT2D eigenvalue weighted by Crippen LogP contribution is -2.51. The van der Waals surface area contributed by atoms with Crippen molar-refractivity contribution < 1.29 is 14.3 Å². The van der Waals surface area contributed by atoms with Gasteiger partial charge in [0, 0.05) is 57.1 Å². The van der Waals surface area contributed by atoms with Gasteiger partial charge in [-0.3, -0.25) is 4.79 Å². The average molecular weight is 437 g/mol. The molecule has 2 heterocycles. The first-order valence-corrected chi connectivity index (χ1v) is 11.4. The number of carbonyl (C=O) groups is 2. The van der Waals surface area contributed by atoms with Crippen molar-refractivity contribution in [3.05, 3.63) is 59.7 Å². The SMILES string of the molecule is COc1ccc(N2CCN(C(=O)NCc3ccc(C(=O)N4CCCCC4)cc3)CC2)cc1. The Morgan fingerprint density at radius 2 is 1.47 bits per heavy atom. The Morgan fingerprint density at radius 1 is 0.812 bits per heavy atom.